The number of hydrogen-bond acceptors (Lipinski definition) is 3. The van der Waals surface area contributed by atoms with Crippen molar-refractivity contribution in [3.63, 3.8) is 0 Å². The second-order valence-corrected chi connectivity index (χ2v) is 1.92. The van der Waals surface area contributed by atoms with Gasteiger partial charge in [0, 0.05) is 4.92 Å². The van der Waals surface area contributed by atoms with E-state index in [9.17, 15) is 0 Å². The van der Waals surface area contributed by atoms with E-state index in [1.54, 1.807) is 12.1 Å². The summed E-state index contributed by atoms with van der Waals surface area (Å²) in [5.41, 5.74) is 0.715. The zero-order valence-electron chi connectivity index (χ0n) is 6.60. The van der Waals surface area contributed by atoms with Crippen molar-refractivity contribution in [2.45, 2.75) is 0 Å². The van der Waals surface area contributed by atoms with Gasteiger partial charge in [-0.25, -0.2) is 0 Å². The molecule has 4 heteroatoms. The van der Waals surface area contributed by atoms with Crippen LogP contribution in [0.25, 0.3) is 0 Å². The Morgan fingerprint density at radius 1 is 1.42 bits per heavy atom. The van der Waals surface area contributed by atoms with Crippen LogP contribution in [-0.2, 0) is 0 Å². The summed E-state index contributed by atoms with van der Waals surface area (Å²) >= 11 is 0. The summed E-state index contributed by atoms with van der Waals surface area (Å²) in [5.74, 6) is 0. The Balaban J connectivity index is 0.000000261. The molecule has 0 radical (unpaired) electrons. The standard InChI is InChI=1S/C7H5N.CH3NO2/c8-6-7-4-2-1-3-5-7;1-2(3)4/h1-5H;1H3. The Hall–Kier alpha value is -1.89. The highest BCUT2D eigenvalue weighted by Crippen LogP contribution is 1.92. The zero-order valence-corrected chi connectivity index (χ0v) is 6.60. The van der Waals surface area contributed by atoms with Gasteiger partial charge in [0.2, 0.25) is 0 Å². The molecule has 62 valence electrons. The van der Waals surface area contributed by atoms with Gasteiger partial charge in [0.15, 0.2) is 7.05 Å². The van der Waals surface area contributed by atoms with Gasteiger partial charge in [-0.15, -0.1) is 0 Å². The van der Waals surface area contributed by atoms with Crippen molar-refractivity contribution in [1.82, 2.24) is 0 Å². The summed E-state index contributed by atoms with van der Waals surface area (Å²) in [7, 11) is 0.889. The molecule has 0 atom stereocenters. The van der Waals surface area contributed by atoms with Gasteiger partial charge in [0.1, 0.15) is 0 Å². The zero-order chi connectivity index (χ0) is 9.40. The van der Waals surface area contributed by atoms with Crippen LogP contribution in [0.1, 0.15) is 5.56 Å². The summed E-state index contributed by atoms with van der Waals surface area (Å²) in [6.07, 6.45) is 0. The topological polar surface area (TPSA) is 66.9 Å². The van der Waals surface area contributed by atoms with Gasteiger partial charge in [-0.05, 0) is 12.1 Å². The summed E-state index contributed by atoms with van der Waals surface area (Å²) < 4.78 is 0. The van der Waals surface area contributed by atoms with Crippen molar-refractivity contribution in [2.75, 3.05) is 7.05 Å². The molecular weight excluding hydrogens is 156 g/mol. The molecule has 0 unspecified atom stereocenters. The average Bonchev–Trinajstić information content (AvgIpc) is 2.05. The Morgan fingerprint density at radius 3 is 2.08 bits per heavy atom. The van der Waals surface area contributed by atoms with Crippen LogP contribution < -0.4 is 0 Å². The predicted molar refractivity (Wildman–Crippen MR) is 44.1 cm³/mol. The molecule has 12 heavy (non-hydrogen) atoms. The first-order valence-corrected chi connectivity index (χ1v) is 3.20. The normalized spacial score (nSPS) is 7.33. The Kier molecular flexibility index (Phi) is 4.94. The van der Waals surface area contributed by atoms with Gasteiger partial charge >= 0.3 is 0 Å². The molecule has 0 aliphatic heterocycles. The fraction of sp³-hybridized carbons (Fsp3) is 0.125. The van der Waals surface area contributed by atoms with Gasteiger partial charge in [0.25, 0.3) is 0 Å². The lowest BCUT2D eigenvalue weighted by molar-refractivity contribution is -0.445. The third kappa shape index (κ3) is 6.23. The van der Waals surface area contributed by atoms with E-state index in [4.69, 9.17) is 15.4 Å². The molecule has 0 amide bonds. The molecule has 0 saturated carbocycles. The van der Waals surface area contributed by atoms with E-state index in [0.717, 1.165) is 7.05 Å². The van der Waals surface area contributed by atoms with E-state index < -0.39 is 4.92 Å². The minimum absolute atomic E-state index is 0.500. The number of benzene rings is 1. The Labute approximate surface area is 70.2 Å². The van der Waals surface area contributed by atoms with Crippen LogP contribution in [0.3, 0.4) is 0 Å². The fourth-order valence-electron chi connectivity index (χ4n) is 0.513. The first kappa shape index (κ1) is 10.1. The number of rotatable bonds is 0. The molecule has 1 aromatic carbocycles. The summed E-state index contributed by atoms with van der Waals surface area (Å²) in [6, 6.07) is 11.2. The molecule has 0 N–H and O–H groups in total. The van der Waals surface area contributed by atoms with Gasteiger partial charge in [-0.2, -0.15) is 5.26 Å². The molecule has 0 saturated heterocycles. The smallest absolute Gasteiger partial charge is 0.194 e. The summed E-state index contributed by atoms with van der Waals surface area (Å²) in [6.45, 7) is 0. The minimum atomic E-state index is -0.500. The quantitative estimate of drug-likeness (QED) is 0.430. The van der Waals surface area contributed by atoms with E-state index in [2.05, 4.69) is 0 Å². The van der Waals surface area contributed by atoms with Crippen LogP contribution in [0, 0.1) is 21.4 Å². The van der Waals surface area contributed by atoms with Crippen molar-refractivity contribution < 1.29 is 4.92 Å². The van der Waals surface area contributed by atoms with Crippen LogP contribution in [0.2, 0.25) is 0 Å². The number of nitrogens with zero attached hydrogens (tertiary/aromatic N) is 2. The third-order valence-corrected chi connectivity index (χ3v) is 0.903. The van der Waals surface area contributed by atoms with Crippen molar-refractivity contribution in [3.05, 3.63) is 46.0 Å². The van der Waals surface area contributed by atoms with E-state index in [1.807, 2.05) is 24.3 Å². The van der Waals surface area contributed by atoms with E-state index in [-0.39, 0.29) is 0 Å². The van der Waals surface area contributed by atoms with Crippen molar-refractivity contribution in [1.29, 1.82) is 5.26 Å². The fourth-order valence-corrected chi connectivity index (χ4v) is 0.513. The Morgan fingerprint density at radius 2 is 1.83 bits per heavy atom. The lowest BCUT2D eigenvalue weighted by Crippen LogP contribution is -1.79. The molecular formula is C8H8N2O2. The monoisotopic (exact) mass is 164 g/mol. The minimum Gasteiger partial charge on any atom is -0.265 e. The third-order valence-electron chi connectivity index (χ3n) is 0.903. The highest BCUT2D eigenvalue weighted by atomic mass is 16.6. The predicted octanol–water partition coefficient (Wildman–Crippen LogP) is 1.45. The van der Waals surface area contributed by atoms with Crippen LogP contribution in [0.4, 0.5) is 0 Å². The lowest BCUT2D eigenvalue weighted by atomic mass is 10.2. The second-order valence-electron chi connectivity index (χ2n) is 1.92. The molecule has 1 rings (SSSR count). The molecule has 0 aromatic heterocycles. The van der Waals surface area contributed by atoms with Gasteiger partial charge in [-0.3, -0.25) is 10.1 Å². The van der Waals surface area contributed by atoms with Crippen LogP contribution in [0.5, 0.6) is 0 Å². The first-order valence-electron chi connectivity index (χ1n) is 3.20. The molecule has 0 bridgehead atoms. The van der Waals surface area contributed by atoms with Crippen molar-refractivity contribution in [2.24, 2.45) is 0 Å². The SMILES string of the molecule is C[N+](=O)[O-].N#Cc1ccccc1. The maximum absolute atomic E-state index is 8.81. The number of nitriles is 1. The summed E-state index contributed by atoms with van der Waals surface area (Å²) in [4.78, 5) is 8.31. The number of hydrogen-bond donors (Lipinski definition) is 0. The van der Waals surface area contributed by atoms with Crippen LogP contribution in [-0.4, -0.2) is 12.0 Å². The average molecular weight is 164 g/mol. The molecule has 0 heterocycles. The molecule has 4 nitrogen and oxygen atoms in total. The molecule has 0 fully saturated rings. The molecule has 1 aromatic rings. The van der Waals surface area contributed by atoms with Crippen LogP contribution in [0.15, 0.2) is 30.3 Å². The first-order chi connectivity index (χ1) is 5.66. The van der Waals surface area contributed by atoms with Crippen LogP contribution >= 0.6 is 0 Å². The number of nitro groups is 1. The van der Waals surface area contributed by atoms with Crippen molar-refractivity contribution >= 4 is 0 Å². The highest BCUT2D eigenvalue weighted by molar-refractivity contribution is 5.27. The molecule has 0 spiro atoms. The molecule has 0 aliphatic carbocycles. The van der Waals surface area contributed by atoms with Gasteiger partial charge < -0.3 is 0 Å². The van der Waals surface area contributed by atoms with E-state index >= 15 is 0 Å². The second kappa shape index (κ2) is 5.86. The van der Waals surface area contributed by atoms with Crippen molar-refractivity contribution in [3.8, 4) is 6.07 Å². The molecule has 0 aliphatic rings. The van der Waals surface area contributed by atoms with Gasteiger partial charge in [-0.1, -0.05) is 18.2 Å². The van der Waals surface area contributed by atoms with E-state index in [0.29, 0.717) is 5.56 Å². The summed E-state index contributed by atoms with van der Waals surface area (Å²) in [5, 5.41) is 17.1. The van der Waals surface area contributed by atoms with Gasteiger partial charge in [0.05, 0.1) is 11.6 Å². The lowest BCUT2D eigenvalue weighted by Gasteiger charge is -1.80. The highest BCUT2D eigenvalue weighted by Gasteiger charge is 1.79. The largest absolute Gasteiger partial charge is 0.265 e. The van der Waals surface area contributed by atoms with E-state index in [1.165, 1.54) is 0 Å². The Bertz CT molecular complexity index is 273. The maximum atomic E-state index is 8.81. The maximum Gasteiger partial charge on any atom is 0.194 e.